The van der Waals surface area contributed by atoms with Crippen LogP contribution in [0.1, 0.15) is 37.3 Å². The van der Waals surface area contributed by atoms with Gasteiger partial charge >= 0.3 is 0 Å². The number of hydrogen-bond donors (Lipinski definition) is 2. The first-order valence-corrected chi connectivity index (χ1v) is 18.2. The van der Waals surface area contributed by atoms with Crippen LogP contribution < -0.4 is 19.6 Å². The van der Waals surface area contributed by atoms with Gasteiger partial charge in [0.05, 0.1) is 55.2 Å². The zero-order valence-corrected chi connectivity index (χ0v) is 31.1. The summed E-state index contributed by atoms with van der Waals surface area (Å²) in [5.74, 6) is -4.14. The molecule has 2 aliphatic carbocycles. The van der Waals surface area contributed by atoms with Gasteiger partial charge < -0.3 is 19.3 Å². The van der Waals surface area contributed by atoms with Crippen molar-refractivity contribution in [2.45, 2.75) is 31.6 Å². The molecule has 2 aliphatic heterocycles. The van der Waals surface area contributed by atoms with Crippen LogP contribution in [0.5, 0.6) is 23.0 Å². The molecule has 3 aromatic rings. The molecule has 11 nitrogen and oxygen atoms in total. The molecule has 3 fully saturated rings. The molecule has 276 valence electrons. The van der Waals surface area contributed by atoms with Gasteiger partial charge in [-0.15, -0.1) is 0 Å². The summed E-state index contributed by atoms with van der Waals surface area (Å²) in [6, 6.07) is 15.1. The SMILES string of the molecule is CCCN1C(=O)[C@H]2[C@H](CC=C3[C@H]2C[C@H]2C(=O)N(Nc4ccc(Cl)cc4Cl)C(=O)[C@@]2(c2ccc(OC)cc2)[C@H]3C=Cc2cc(OC)c(O)c(OC)c2)C1=O. The molecule has 0 bridgehead atoms. The van der Waals surface area contributed by atoms with Crippen molar-refractivity contribution in [3.63, 3.8) is 0 Å². The standard InChI is InChI=1S/C40H39Cl2N3O8/c1-5-16-44-36(47)26-13-12-25-27(34(26)38(44)49)20-29-37(48)45(43-31-15-9-23(41)19-30(31)42)39(50)40(29,22-7-10-24(51-2)11-8-22)28(25)14-6-21-17-32(52-3)35(46)33(18-21)53-4/h6-12,14-15,17-19,26-29,34,43,46H,5,13,16,20H2,1-4H3/t26-,27+,28-,29-,34-,40-/m0/s1. The zero-order valence-electron chi connectivity index (χ0n) is 29.6. The molecule has 1 saturated carbocycles. The number of hydrazine groups is 1. The number of ether oxygens (including phenoxy) is 3. The number of nitrogens with zero attached hydrogens (tertiary/aromatic N) is 2. The highest BCUT2D eigenvalue weighted by Crippen LogP contribution is 2.61. The first-order valence-electron chi connectivity index (χ1n) is 17.4. The third kappa shape index (κ3) is 5.72. The van der Waals surface area contributed by atoms with Gasteiger partial charge in [0.15, 0.2) is 11.5 Å². The molecule has 2 N–H and O–H groups in total. The minimum absolute atomic E-state index is 0.153. The number of nitrogens with one attached hydrogen (secondary N) is 1. The molecule has 0 radical (unpaired) electrons. The second-order valence-electron chi connectivity index (χ2n) is 13.7. The Morgan fingerprint density at radius 1 is 0.906 bits per heavy atom. The van der Waals surface area contributed by atoms with Gasteiger partial charge in [-0.2, -0.15) is 5.01 Å². The number of aromatic hydroxyl groups is 1. The first kappa shape index (κ1) is 36.4. The first-order chi connectivity index (χ1) is 25.5. The highest BCUT2D eigenvalue weighted by molar-refractivity contribution is 6.36. The summed E-state index contributed by atoms with van der Waals surface area (Å²) in [6.45, 7) is 2.23. The van der Waals surface area contributed by atoms with Crippen LogP contribution in [0.2, 0.25) is 10.0 Å². The second-order valence-corrected chi connectivity index (χ2v) is 14.6. The fraction of sp³-hybridized carbons (Fsp3) is 0.350. The maximum Gasteiger partial charge on any atom is 0.260 e. The fourth-order valence-corrected chi connectivity index (χ4v) is 9.27. The summed E-state index contributed by atoms with van der Waals surface area (Å²) in [5, 5.41) is 12.2. The van der Waals surface area contributed by atoms with Crippen molar-refractivity contribution < 1.29 is 38.5 Å². The lowest BCUT2D eigenvalue weighted by molar-refractivity contribution is -0.141. The Labute approximate surface area is 317 Å². The second kappa shape index (κ2) is 14.1. The van der Waals surface area contributed by atoms with E-state index in [1.807, 2.05) is 19.1 Å². The predicted octanol–water partition coefficient (Wildman–Crippen LogP) is 6.67. The number of halogens is 2. The van der Waals surface area contributed by atoms with E-state index in [4.69, 9.17) is 37.4 Å². The molecular formula is C40H39Cl2N3O8. The largest absolute Gasteiger partial charge is 0.502 e. The van der Waals surface area contributed by atoms with Gasteiger partial charge in [-0.05, 0) is 78.8 Å². The number of benzene rings is 3. The van der Waals surface area contributed by atoms with Crippen LogP contribution in [0, 0.1) is 29.6 Å². The number of carbonyl (C=O) groups excluding carboxylic acids is 4. The summed E-state index contributed by atoms with van der Waals surface area (Å²) in [4.78, 5) is 59.2. The number of hydrogen-bond acceptors (Lipinski definition) is 9. The number of rotatable bonds is 10. The number of imide groups is 2. The van der Waals surface area contributed by atoms with Crippen molar-refractivity contribution in [3.8, 4) is 23.0 Å². The lowest BCUT2D eigenvalue weighted by Crippen LogP contribution is -2.54. The molecule has 0 spiro atoms. The normalized spacial score (nSPS) is 26.4. The molecule has 53 heavy (non-hydrogen) atoms. The third-order valence-electron chi connectivity index (χ3n) is 11.2. The summed E-state index contributed by atoms with van der Waals surface area (Å²) >= 11 is 12.7. The molecular weight excluding hydrogens is 721 g/mol. The molecule has 0 aromatic heterocycles. The van der Waals surface area contributed by atoms with E-state index in [-0.39, 0.29) is 40.5 Å². The highest BCUT2D eigenvalue weighted by atomic mass is 35.5. The summed E-state index contributed by atoms with van der Waals surface area (Å²) in [7, 11) is 4.41. The third-order valence-corrected chi connectivity index (χ3v) is 11.7. The minimum Gasteiger partial charge on any atom is -0.502 e. The van der Waals surface area contributed by atoms with E-state index >= 15 is 4.79 Å². The maximum atomic E-state index is 15.3. The van der Waals surface area contributed by atoms with E-state index in [1.165, 1.54) is 25.2 Å². The predicted molar refractivity (Wildman–Crippen MR) is 199 cm³/mol. The van der Waals surface area contributed by atoms with Gasteiger partial charge in [-0.1, -0.05) is 66.1 Å². The minimum atomic E-state index is -1.50. The van der Waals surface area contributed by atoms with E-state index in [0.717, 1.165) is 10.6 Å². The number of methoxy groups -OCH3 is 3. The van der Waals surface area contributed by atoms with Crippen molar-refractivity contribution in [2.24, 2.45) is 29.6 Å². The van der Waals surface area contributed by atoms with E-state index in [1.54, 1.807) is 61.7 Å². The number of fused-ring (bicyclic) bond motifs is 4. The van der Waals surface area contributed by atoms with Gasteiger partial charge in [-0.25, -0.2) is 0 Å². The van der Waals surface area contributed by atoms with Gasteiger partial charge in [0.25, 0.3) is 11.8 Å². The van der Waals surface area contributed by atoms with E-state index in [0.29, 0.717) is 47.0 Å². The van der Waals surface area contributed by atoms with Crippen LogP contribution in [-0.2, 0) is 24.6 Å². The van der Waals surface area contributed by atoms with Gasteiger partial charge in [-0.3, -0.25) is 29.5 Å². The topological polar surface area (TPSA) is 135 Å². The number of amides is 4. The van der Waals surface area contributed by atoms with Crippen LogP contribution in [0.15, 0.2) is 72.3 Å². The van der Waals surface area contributed by atoms with E-state index < -0.39 is 46.8 Å². The van der Waals surface area contributed by atoms with Gasteiger partial charge in [0, 0.05) is 17.5 Å². The van der Waals surface area contributed by atoms with Gasteiger partial charge in [0.2, 0.25) is 17.6 Å². The van der Waals surface area contributed by atoms with Gasteiger partial charge in [0.1, 0.15) is 5.75 Å². The lowest BCUT2D eigenvalue weighted by Gasteiger charge is -2.49. The Hall–Kier alpha value is -5.00. The van der Waals surface area contributed by atoms with Crippen molar-refractivity contribution in [3.05, 3.63) is 93.5 Å². The number of anilines is 1. The zero-order chi connectivity index (χ0) is 37.8. The molecule has 7 rings (SSSR count). The van der Waals surface area contributed by atoms with Crippen molar-refractivity contribution in [1.29, 1.82) is 0 Å². The average Bonchev–Trinajstić information content (AvgIpc) is 3.53. The van der Waals surface area contributed by atoms with Crippen LogP contribution in [0.25, 0.3) is 6.08 Å². The lowest BCUT2D eigenvalue weighted by atomic mass is 9.50. The number of phenols is 1. The Balaban J connectivity index is 1.44. The van der Waals surface area contributed by atoms with Crippen LogP contribution >= 0.6 is 23.2 Å². The average molecular weight is 761 g/mol. The van der Waals surface area contributed by atoms with Crippen LogP contribution in [0.3, 0.4) is 0 Å². The van der Waals surface area contributed by atoms with E-state index in [9.17, 15) is 19.5 Å². The van der Waals surface area contributed by atoms with Crippen molar-refractivity contribution in [2.75, 3.05) is 33.3 Å². The number of allylic oxidation sites excluding steroid dienone is 3. The monoisotopic (exact) mass is 759 g/mol. The summed E-state index contributed by atoms with van der Waals surface area (Å²) in [6.07, 6.45) is 6.75. The summed E-state index contributed by atoms with van der Waals surface area (Å²) in [5.41, 5.74) is 3.77. The fourth-order valence-electron chi connectivity index (χ4n) is 8.82. The smallest absolute Gasteiger partial charge is 0.260 e. The number of likely N-dealkylation sites (tertiary alicyclic amines) is 1. The molecule has 2 saturated heterocycles. The van der Waals surface area contributed by atoms with Crippen LogP contribution in [-0.4, -0.2) is 66.5 Å². The molecule has 6 atom stereocenters. The Morgan fingerprint density at radius 2 is 1.60 bits per heavy atom. The summed E-state index contributed by atoms with van der Waals surface area (Å²) < 4.78 is 16.3. The molecule has 4 aliphatic rings. The Morgan fingerprint density at radius 3 is 2.23 bits per heavy atom. The quantitative estimate of drug-likeness (QED) is 0.172. The van der Waals surface area contributed by atoms with Crippen LogP contribution in [0.4, 0.5) is 5.69 Å². The van der Waals surface area contributed by atoms with Crippen molar-refractivity contribution in [1.82, 2.24) is 9.91 Å². The molecule has 13 heteroatoms. The Kier molecular flexibility index (Phi) is 9.67. The molecule has 0 unspecified atom stereocenters. The number of phenolic OH excluding ortho intramolecular Hbond substituents is 1. The molecule has 3 aromatic carbocycles. The van der Waals surface area contributed by atoms with E-state index in [2.05, 4.69) is 5.43 Å². The molecule has 4 amide bonds. The maximum absolute atomic E-state index is 15.3. The van der Waals surface area contributed by atoms with Crippen molar-refractivity contribution >= 4 is 58.6 Å². The number of carbonyl (C=O) groups is 4. The Bertz CT molecular complexity index is 2040. The molecule has 2 heterocycles. The highest BCUT2D eigenvalue weighted by Gasteiger charge is 2.69.